The number of esters is 2. The van der Waals surface area contributed by atoms with Crippen molar-refractivity contribution in [3.8, 4) is 11.5 Å². The predicted octanol–water partition coefficient (Wildman–Crippen LogP) is 4.38. The Kier molecular flexibility index (Phi) is 5.62. The average Bonchev–Trinajstić information content (AvgIpc) is 2.97. The molecule has 0 fully saturated rings. The van der Waals surface area contributed by atoms with Gasteiger partial charge in [0, 0.05) is 6.92 Å². The summed E-state index contributed by atoms with van der Waals surface area (Å²) >= 11 is 9.46. The molecule has 0 spiro atoms. The molecule has 0 saturated carbocycles. The molecule has 0 aliphatic carbocycles. The Morgan fingerprint density at radius 2 is 2.04 bits per heavy atom. The molecule has 0 N–H and O–H groups in total. The molecule has 0 amide bonds. The third kappa shape index (κ3) is 4.20. The molecule has 1 aliphatic heterocycles. The fourth-order valence-corrected chi connectivity index (χ4v) is 3.14. The molecule has 2 aromatic rings. The third-order valence-corrected chi connectivity index (χ3v) is 4.44. The lowest BCUT2D eigenvalue weighted by atomic mass is 10.1. The molecule has 0 aromatic heterocycles. The third-order valence-electron chi connectivity index (χ3n) is 3.53. The molecule has 3 rings (SSSR count). The van der Waals surface area contributed by atoms with Crippen molar-refractivity contribution in [3.05, 3.63) is 62.7 Å². The molecule has 8 heteroatoms. The molecule has 1 heterocycles. The normalized spacial score (nSPS) is 14.7. The maximum absolute atomic E-state index is 12.2. The Labute approximate surface area is 168 Å². The van der Waals surface area contributed by atoms with Gasteiger partial charge in [-0.25, -0.2) is 9.79 Å². The van der Waals surface area contributed by atoms with E-state index in [1.807, 2.05) is 0 Å². The van der Waals surface area contributed by atoms with E-state index >= 15 is 0 Å². The first-order valence-corrected chi connectivity index (χ1v) is 8.89. The topological polar surface area (TPSA) is 74.2 Å². The first-order valence-electron chi connectivity index (χ1n) is 7.72. The predicted molar refractivity (Wildman–Crippen MR) is 104 cm³/mol. The Morgan fingerprint density at radius 1 is 1.30 bits per heavy atom. The monoisotopic (exact) mass is 449 g/mol. The number of methoxy groups -OCH3 is 1. The maximum Gasteiger partial charge on any atom is 0.363 e. The van der Waals surface area contributed by atoms with Crippen molar-refractivity contribution >= 4 is 51.4 Å². The summed E-state index contributed by atoms with van der Waals surface area (Å²) in [7, 11) is 1.45. The Bertz CT molecular complexity index is 1000. The summed E-state index contributed by atoms with van der Waals surface area (Å²) in [6.45, 7) is 1.29. The summed E-state index contributed by atoms with van der Waals surface area (Å²) in [4.78, 5) is 27.6. The van der Waals surface area contributed by atoms with Crippen molar-refractivity contribution in [2.75, 3.05) is 7.11 Å². The van der Waals surface area contributed by atoms with Gasteiger partial charge in [0.15, 0.2) is 17.2 Å². The number of carbonyl (C=O) groups is 2. The average molecular weight is 451 g/mol. The van der Waals surface area contributed by atoms with E-state index < -0.39 is 11.9 Å². The number of halogens is 2. The largest absolute Gasteiger partial charge is 0.493 e. The van der Waals surface area contributed by atoms with Crippen molar-refractivity contribution in [2.45, 2.75) is 6.92 Å². The molecule has 0 atom stereocenters. The van der Waals surface area contributed by atoms with E-state index in [2.05, 4.69) is 20.9 Å². The standard InChI is InChI=1S/C19H13BrClNO5/c1-10(23)26-17-13(20)7-11(9-16(17)25-2)8-15-19(24)27-18(22-15)12-5-3-4-6-14(12)21/h3-9H,1-2H3/b15-8-. The lowest BCUT2D eigenvalue weighted by Crippen LogP contribution is -2.06. The summed E-state index contributed by atoms with van der Waals surface area (Å²) in [6, 6.07) is 10.2. The van der Waals surface area contributed by atoms with Crippen LogP contribution >= 0.6 is 27.5 Å². The van der Waals surface area contributed by atoms with Gasteiger partial charge in [-0.05, 0) is 51.8 Å². The fourth-order valence-electron chi connectivity index (χ4n) is 2.38. The van der Waals surface area contributed by atoms with Crippen molar-refractivity contribution in [1.29, 1.82) is 0 Å². The van der Waals surface area contributed by atoms with Gasteiger partial charge in [-0.15, -0.1) is 0 Å². The van der Waals surface area contributed by atoms with E-state index in [0.29, 0.717) is 26.4 Å². The number of cyclic esters (lactones) is 1. The minimum atomic E-state index is -0.593. The van der Waals surface area contributed by atoms with Crippen LogP contribution in [0.15, 0.2) is 51.6 Å². The zero-order valence-electron chi connectivity index (χ0n) is 14.3. The van der Waals surface area contributed by atoms with Gasteiger partial charge in [0.1, 0.15) is 0 Å². The van der Waals surface area contributed by atoms with Gasteiger partial charge in [-0.1, -0.05) is 23.7 Å². The van der Waals surface area contributed by atoms with Crippen molar-refractivity contribution in [3.63, 3.8) is 0 Å². The van der Waals surface area contributed by atoms with E-state index in [1.54, 1.807) is 36.4 Å². The van der Waals surface area contributed by atoms with Gasteiger partial charge in [0.2, 0.25) is 5.90 Å². The van der Waals surface area contributed by atoms with Gasteiger partial charge in [-0.3, -0.25) is 4.79 Å². The van der Waals surface area contributed by atoms with Crippen LogP contribution in [0.3, 0.4) is 0 Å². The van der Waals surface area contributed by atoms with Gasteiger partial charge in [0.25, 0.3) is 0 Å². The van der Waals surface area contributed by atoms with Crippen LogP contribution in [-0.2, 0) is 14.3 Å². The molecular weight excluding hydrogens is 438 g/mol. The van der Waals surface area contributed by atoms with Crippen LogP contribution in [0.25, 0.3) is 6.08 Å². The first kappa shape index (κ1) is 19.1. The molecule has 138 valence electrons. The number of hydrogen-bond donors (Lipinski definition) is 0. The molecular formula is C19H13BrClNO5. The van der Waals surface area contributed by atoms with Crippen LogP contribution in [0.5, 0.6) is 11.5 Å². The summed E-state index contributed by atoms with van der Waals surface area (Å²) in [5.41, 5.74) is 1.24. The van der Waals surface area contributed by atoms with E-state index in [1.165, 1.54) is 20.1 Å². The summed E-state index contributed by atoms with van der Waals surface area (Å²) < 4.78 is 16.1. The van der Waals surface area contributed by atoms with Crippen molar-refractivity contribution < 1.29 is 23.8 Å². The van der Waals surface area contributed by atoms with Gasteiger partial charge in [0.05, 0.1) is 22.2 Å². The number of ether oxygens (including phenoxy) is 3. The van der Waals surface area contributed by atoms with E-state index in [0.717, 1.165) is 0 Å². The van der Waals surface area contributed by atoms with Crippen LogP contribution in [-0.4, -0.2) is 24.9 Å². The minimum Gasteiger partial charge on any atom is -0.493 e. The number of aliphatic imine (C=N–C) groups is 1. The fraction of sp³-hybridized carbons (Fsp3) is 0.105. The second kappa shape index (κ2) is 7.94. The smallest absolute Gasteiger partial charge is 0.363 e. The Balaban J connectivity index is 1.99. The number of rotatable bonds is 4. The quantitative estimate of drug-likeness (QED) is 0.393. The van der Waals surface area contributed by atoms with E-state index in [-0.39, 0.29) is 17.3 Å². The minimum absolute atomic E-state index is 0.110. The van der Waals surface area contributed by atoms with Crippen LogP contribution < -0.4 is 9.47 Å². The lowest BCUT2D eigenvalue weighted by Gasteiger charge is -2.11. The SMILES string of the molecule is COc1cc(/C=C2\N=C(c3ccccc3Cl)OC2=O)cc(Br)c1OC(C)=O. The molecule has 0 radical (unpaired) electrons. The van der Waals surface area contributed by atoms with Crippen LogP contribution in [0.4, 0.5) is 0 Å². The van der Waals surface area contributed by atoms with Crippen molar-refractivity contribution in [1.82, 2.24) is 0 Å². The maximum atomic E-state index is 12.2. The molecule has 2 aromatic carbocycles. The second-order valence-electron chi connectivity index (χ2n) is 5.44. The number of carbonyl (C=O) groups excluding carboxylic acids is 2. The van der Waals surface area contributed by atoms with Crippen LogP contribution in [0.1, 0.15) is 18.1 Å². The van der Waals surface area contributed by atoms with Crippen LogP contribution in [0.2, 0.25) is 5.02 Å². The zero-order valence-corrected chi connectivity index (χ0v) is 16.6. The molecule has 0 bridgehead atoms. The Hall–Kier alpha value is -2.64. The van der Waals surface area contributed by atoms with Crippen LogP contribution in [0, 0.1) is 0 Å². The molecule has 6 nitrogen and oxygen atoms in total. The molecule has 0 saturated heterocycles. The van der Waals surface area contributed by atoms with Gasteiger partial charge in [-0.2, -0.15) is 0 Å². The first-order chi connectivity index (χ1) is 12.9. The molecule has 0 unspecified atom stereocenters. The van der Waals surface area contributed by atoms with E-state index in [9.17, 15) is 9.59 Å². The van der Waals surface area contributed by atoms with Crippen molar-refractivity contribution in [2.24, 2.45) is 4.99 Å². The highest BCUT2D eigenvalue weighted by Crippen LogP contribution is 2.37. The summed E-state index contributed by atoms with van der Waals surface area (Å²) in [5.74, 6) is -0.355. The summed E-state index contributed by atoms with van der Waals surface area (Å²) in [6.07, 6.45) is 1.54. The highest BCUT2D eigenvalue weighted by molar-refractivity contribution is 9.10. The zero-order chi connectivity index (χ0) is 19.6. The number of benzene rings is 2. The number of nitrogens with zero attached hydrogens (tertiary/aromatic N) is 1. The highest BCUT2D eigenvalue weighted by atomic mass is 79.9. The van der Waals surface area contributed by atoms with Gasteiger partial charge >= 0.3 is 11.9 Å². The van der Waals surface area contributed by atoms with E-state index in [4.69, 9.17) is 25.8 Å². The summed E-state index contributed by atoms with van der Waals surface area (Å²) in [5, 5.41) is 0.431. The molecule has 1 aliphatic rings. The second-order valence-corrected chi connectivity index (χ2v) is 6.71. The molecule has 27 heavy (non-hydrogen) atoms. The van der Waals surface area contributed by atoms with Gasteiger partial charge < -0.3 is 14.2 Å². The lowest BCUT2D eigenvalue weighted by molar-refractivity contribution is -0.132. The Morgan fingerprint density at radius 3 is 2.70 bits per heavy atom. The highest BCUT2D eigenvalue weighted by Gasteiger charge is 2.25. The number of hydrogen-bond acceptors (Lipinski definition) is 6.